The second kappa shape index (κ2) is 4.38. The van der Waals surface area contributed by atoms with Crippen LogP contribution in [0.3, 0.4) is 0 Å². The summed E-state index contributed by atoms with van der Waals surface area (Å²) < 4.78 is 0.969. The Kier molecular flexibility index (Phi) is 3.43. The van der Waals surface area contributed by atoms with Crippen molar-refractivity contribution in [2.24, 2.45) is 0 Å². The van der Waals surface area contributed by atoms with E-state index in [1.165, 1.54) is 0 Å². The summed E-state index contributed by atoms with van der Waals surface area (Å²) in [5, 5.41) is 8.63. The molecule has 0 heterocycles. The molecular weight excluding hydrogens is 277 g/mol. The lowest BCUT2D eigenvalue weighted by atomic mass is 10.0. The first-order valence-corrected chi connectivity index (χ1v) is 4.91. The van der Waals surface area contributed by atoms with Crippen molar-refractivity contribution >= 4 is 28.9 Å². The predicted molar refractivity (Wildman–Crippen MR) is 58.4 cm³/mol. The normalized spacial score (nSPS) is 11.8. The first kappa shape index (κ1) is 10.2. The number of halogens is 1. The van der Waals surface area contributed by atoms with Crippen LogP contribution in [0.25, 0.3) is 0 Å². The number of hydrogen-bond donors (Lipinski definition) is 0. The number of benzene rings is 1. The molecule has 0 aliphatic rings. The molecule has 0 amide bonds. The lowest BCUT2D eigenvalue weighted by Gasteiger charge is -2.06. The quantitative estimate of drug-likeness (QED) is 0.618. The van der Waals surface area contributed by atoms with E-state index in [1.54, 1.807) is 12.1 Å². The summed E-state index contributed by atoms with van der Waals surface area (Å²) in [5.74, 6) is -0.0976. The minimum atomic E-state index is -0.0976. The number of carbonyl (C=O) groups is 1. The molecule has 0 fully saturated rings. The Morgan fingerprint density at radius 3 is 2.77 bits per heavy atom. The fourth-order valence-electron chi connectivity index (χ4n) is 1.04. The van der Waals surface area contributed by atoms with Crippen molar-refractivity contribution in [2.45, 2.75) is 12.8 Å². The fourth-order valence-corrected chi connectivity index (χ4v) is 2.05. The Morgan fingerprint density at radius 2 is 2.31 bits per heavy atom. The molecule has 0 bridgehead atoms. The third-order valence-electron chi connectivity index (χ3n) is 1.82. The second-order valence-electron chi connectivity index (χ2n) is 2.77. The Labute approximate surface area is 90.7 Å². The van der Waals surface area contributed by atoms with Gasteiger partial charge in [0.1, 0.15) is 6.29 Å². The van der Waals surface area contributed by atoms with Crippen molar-refractivity contribution in [3.63, 3.8) is 0 Å². The minimum Gasteiger partial charge on any atom is -0.303 e. The van der Waals surface area contributed by atoms with Gasteiger partial charge in [0.05, 0.1) is 11.6 Å². The highest BCUT2D eigenvalue weighted by atomic mass is 127. The second-order valence-corrected chi connectivity index (χ2v) is 3.94. The van der Waals surface area contributed by atoms with E-state index < -0.39 is 0 Å². The third kappa shape index (κ3) is 2.28. The number of carbonyl (C=O) groups excluding carboxylic acids is 1. The number of nitrogens with zero attached hydrogens (tertiary/aromatic N) is 1. The Morgan fingerprint density at radius 1 is 1.62 bits per heavy atom. The molecule has 0 N–H and O–H groups in total. The van der Waals surface area contributed by atoms with Gasteiger partial charge in [0, 0.05) is 9.49 Å². The molecule has 0 aromatic heterocycles. The van der Waals surface area contributed by atoms with Gasteiger partial charge in [-0.3, -0.25) is 0 Å². The maximum atomic E-state index is 10.5. The van der Waals surface area contributed by atoms with Crippen LogP contribution in [0.5, 0.6) is 0 Å². The van der Waals surface area contributed by atoms with E-state index in [2.05, 4.69) is 28.7 Å². The highest BCUT2D eigenvalue weighted by Gasteiger charge is 2.07. The average molecular weight is 285 g/mol. The van der Waals surface area contributed by atoms with Crippen LogP contribution in [0.2, 0.25) is 0 Å². The number of rotatable bonds is 2. The standard InChI is InChI=1S/C10H8INO/c1-7(6-13)9-3-2-8(5-12)4-10(9)11/h2-4,6-7H,1H3. The van der Waals surface area contributed by atoms with E-state index in [9.17, 15) is 4.79 Å². The summed E-state index contributed by atoms with van der Waals surface area (Å²) in [7, 11) is 0. The molecule has 13 heavy (non-hydrogen) atoms. The van der Waals surface area contributed by atoms with Gasteiger partial charge in [0.2, 0.25) is 0 Å². The molecule has 66 valence electrons. The molecule has 1 atom stereocenters. The molecule has 3 heteroatoms. The summed E-state index contributed by atoms with van der Waals surface area (Å²) in [6, 6.07) is 7.41. The summed E-state index contributed by atoms with van der Waals surface area (Å²) in [4.78, 5) is 10.5. The number of hydrogen-bond acceptors (Lipinski definition) is 2. The molecule has 0 aliphatic heterocycles. The Bertz CT molecular complexity index is 368. The minimum absolute atomic E-state index is 0.0976. The summed E-state index contributed by atoms with van der Waals surface area (Å²) in [6.07, 6.45) is 0.906. The van der Waals surface area contributed by atoms with Crippen molar-refractivity contribution in [3.05, 3.63) is 32.9 Å². The molecule has 0 radical (unpaired) electrons. The molecule has 1 unspecified atom stereocenters. The van der Waals surface area contributed by atoms with Crippen molar-refractivity contribution in [3.8, 4) is 6.07 Å². The average Bonchev–Trinajstić information content (AvgIpc) is 2.16. The van der Waals surface area contributed by atoms with Crippen molar-refractivity contribution < 1.29 is 4.79 Å². The van der Waals surface area contributed by atoms with Crippen molar-refractivity contribution in [1.29, 1.82) is 5.26 Å². The van der Waals surface area contributed by atoms with E-state index in [-0.39, 0.29) is 5.92 Å². The maximum Gasteiger partial charge on any atom is 0.127 e. The van der Waals surface area contributed by atoms with Crippen LogP contribution in [0, 0.1) is 14.9 Å². The third-order valence-corrected chi connectivity index (χ3v) is 2.76. The van der Waals surface area contributed by atoms with Crippen molar-refractivity contribution in [1.82, 2.24) is 0 Å². The largest absolute Gasteiger partial charge is 0.303 e. The molecular formula is C10H8INO. The van der Waals surface area contributed by atoms with Gasteiger partial charge in [0.15, 0.2) is 0 Å². The monoisotopic (exact) mass is 285 g/mol. The van der Waals surface area contributed by atoms with E-state index in [1.807, 2.05) is 13.0 Å². The van der Waals surface area contributed by atoms with Crippen LogP contribution >= 0.6 is 22.6 Å². The highest BCUT2D eigenvalue weighted by molar-refractivity contribution is 14.1. The summed E-state index contributed by atoms with van der Waals surface area (Å²) in [6.45, 7) is 1.84. The topological polar surface area (TPSA) is 40.9 Å². The first-order valence-electron chi connectivity index (χ1n) is 3.84. The van der Waals surface area contributed by atoms with Crippen LogP contribution in [-0.4, -0.2) is 6.29 Å². The van der Waals surface area contributed by atoms with Crippen LogP contribution < -0.4 is 0 Å². The van der Waals surface area contributed by atoms with E-state index in [4.69, 9.17) is 5.26 Å². The SMILES string of the molecule is CC(C=O)c1ccc(C#N)cc1I. The lowest BCUT2D eigenvalue weighted by molar-refractivity contribution is -0.108. The highest BCUT2D eigenvalue weighted by Crippen LogP contribution is 2.21. The summed E-state index contributed by atoms with van der Waals surface area (Å²) in [5.41, 5.74) is 1.61. The molecule has 1 rings (SSSR count). The van der Waals surface area contributed by atoms with Gasteiger partial charge in [0.25, 0.3) is 0 Å². The van der Waals surface area contributed by atoms with Gasteiger partial charge in [-0.25, -0.2) is 0 Å². The van der Waals surface area contributed by atoms with Gasteiger partial charge < -0.3 is 4.79 Å². The fraction of sp³-hybridized carbons (Fsp3) is 0.200. The molecule has 0 saturated heterocycles. The molecule has 1 aromatic carbocycles. The molecule has 1 aromatic rings. The number of nitriles is 1. The Hall–Kier alpha value is -0.890. The molecule has 0 aliphatic carbocycles. The zero-order valence-electron chi connectivity index (χ0n) is 7.12. The number of aldehydes is 1. The van der Waals surface area contributed by atoms with Crippen LogP contribution in [0.15, 0.2) is 18.2 Å². The Balaban J connectivity index is 3.13. The van der Waals surface area contributed by atoms with Crippen LogP contribution in [0.1, 0.15) is 24.0 Å². The predicted octanol–water partition coefficient (Wildman–Crippen LogP) is 2.47. The van der Waals surface area contributed by atoms with Gasteiger partial charge in [-0.1, -0.05) is 13.0 Å². The molecule has 2 nitrogen and oxygen atoms in total. The maximum absolute atomic E-state index is 10.5. The van der Waals surface area contributed by atoms with E-state index in [0.717, 1.165) is 15.4 Å². The van der Waals surface area contributed by atoms with E-state index in [0.29, 0.717) is 5.56 Å². The molecule has 0 saturated carbocycles. The zero-order valence-corrected chi connectivity index (χ0v) is 9.28. The smallest absolute Gasteiger partial charge is 0.127 e. The van der Waals surface area contributed by atoms with Crippen molar-refractivity contribution in [2.75, 3.05) is 0 Å². The van der Waals surface area contributed by atoms with Gasteiger partial charge in [-0.15, -0.1) is 0 Å². The van der Waals surface area contributed by atoms with E-state index >= 15 is 0 Å². The van der Waals surface area contributed by atoms with Gasteiger partial charge in [-0.2, -0.15) is 5.26 Å². The molecule has 0 spiro atoms. The first-order chi connectivity index (χ1) is 6.19. The van der Waals surface area contributed by atoms with Crippen LogP contribution in [0.4, 0.5) is 0 Å². The van der Waals surface area contributed by atoms with Crippen LogP contribution in [-0.2, 0) is 4.79 Å². The summed E-state index contributed by atoms with van der Waals surface area (Å²) >= 11 is 2.14. The lowest BCUT2D eigenvalue weighted by Crippen LogP contribution is -1.97. The van der Waals surface area contributed by atoms with Gasteiger partial charge in [-0.05, 0) is 40.3 Å². The zero-order chi connectivity index (χ0) is 9.84. The van der Waals surface area contributed by atoms with Gasteiger partial charge >= 0.3 is 0 Å².